The summed E-state index contributed by atoms with van der Waals surface area (Å²) in [4.78, 5) is 7.78. The van der Waals surface area contributed by atoms with Gasteiger partial charge >= 0.3 is 0 Å². The summed E-state index contributed by atoms with van der Waals surface area (Å²) in [5.74, 6) is 1.12. The third-order valence-corrected chi connectivity index (χ3v) is 2.64. The first kappa shape index (κ1) is 12.3. The van der Waals surface area contributed by atoms with Crippen LogP contribution in [0.4, 0.5) is 0 Å². The van der Waals surface area contributed by atoms with E-state index in [4.69, 9.17) is 9.47 Å². The van der Waals surface area contributed by atoms with Crippen LogP contribution in [0.25, 0.3) is 0 Å². The van der Waals surface area contributed by atoms with E-state index in [0.717, 1.165) is 0 Å². The van der Waals surface area contributed by atoms with Gasteiger partial charge in [0.05, 0.1) is 19.8 Å². The number of benzene rings is 1. The van der Waals surface area contributed by atoms with E-state index in [2.05, 4.69) is 9.97 Å². The molecule has 94 valence electrons. The normalized spacial score (nSPS) is 11.9. The monoisotopic (exact) mass is 246 g/mol. The second-order valence-electron chi connectivity index (χ2n) is 3.65. The molecule has 1 heterocycles. The van der Waals surface area contributed by atoms with Crippen LogP contribution < -0.4 is 9.47 Å². The highest BCUT2D eigenvalue weighted by Crippen LogP contribution is 2.36. The Morgan fingerprint density at radius 1 is 1.06 bits per heavy atom. The van der Waals surface area contributed by atoms with Crippen molar-refractivity contribution in [3.8, 4) is 11.5 Å². The van der Waals surface area contributed by atoms with Crippen LogP contribution in [0.15, 0.2) is 36.9 Å². The first-order valence-electron chi connectivity index (χ1n) is 5.41. The summed E-state index contributed by atoms with van der Waals surface area (Å²) in [6.45, 7) is 0. The van der Waals surface area contributed by atoms with E-state index in [1.807, 2.05) is 0 Å². The van der Waals surface area contributed by atoms with Gasteiger partial charge in [-0.25, -0.2) is 9.97 Å². The molecule has 0 spiro atoms. The molecule has 0 aliphatic heterocycles. The third kappa shape index (κ3) is 2.26. The highest BCUT2D eigenvalue weighted by Gasteiger charge is 2.20. The molecule has 1 atom stereocenters. The molecule has 1 N–H and O–H groups in total. The SMILES string of the molecule is COc1cccc(OC)c1C(O)c1cncnc1. The van der Waals surface area contributed by atoms with Gasteiger partial charge in [0.2, 0.25) is 0 Å². The summed E-state index contributed by atoms with van der Waals surface area (Å²) in [6, 6.07) is 5.34. The van der Waals surface area contributed by atoms with E-state index in [-0.39, 0.29) is 0 Å². The van der Waals surface area contributed by atoms with Crippen LogP contribution >= 0.6 is 0 Å². The van der Waals surface area contributed by atoms with Gasteiger partial charge in [0.1, 0.15) is 23.9 Å². The minimum absolute atomic E-state index is 0.561. The molecule has 2 aromatic rings. The topological polar surface area (TPSA) is 64.5 Å². The number of aromatic nitrogens is 2. The number of aliphatic hydroxyl groups is 1. The summed E-state index contributed by atoms with van der Waals surface area (Å²) in [7, 11) is 3.10. The molecule has 0 amide bonds. The minimum atomic E-state index is -0.891. The number of hydrogen-bond acceptors (Lipinski definition) is 5. The van der Waals surface area contributed by atoms with Crippen LogP contribution in [0, 0.1) is 0 Å². The van der Waals surface area contributed by atoms with Crippen LogP contribution in [-0.2, 0) is 0 Å². The predicted octanol–water partition coefficient (Wildman–Crippen LogP) is 1.58. The van der Waals surface area contributed by atoms with Crippen molar-refractivity contribution in [3.63, 3.8) is 0 Å². The Balaban J connectivity index is 2.49. The van der Waals surface area contributed by atoms with Crippen LogP contribution in [0.2, 0.25) is 0 Å². The Hall–Kier alpha value is -2.14. The molecule has 1 aromatic heterocycles. The Labute approximate surface area is 105 Å². The number of ether oxygens (including phenoxy) is 2. The Kier molecular flexibility index (Phi) is 3.74. The van der Waals surface area contributed by atoms with Crippen molar-refractivity contribution in [1.82, 2.24) is 9.97 Å². The molecule has 2 rings (SSSR count). The number of nitrogens with zero attached hydrogens (tertiary/aromatic N) is 2. The summed E-state index contributed by atoms with van der Waals surface area (Å²) >= 11 is 0. The third-order valence-electron chi connectivity index (χ3n) is 2.64. The lowest BCUT2D eigenvalue weighted by Crippen LogP contribution is -2.05. The number of hydrogen-bond donors (Lipinski definition) is 1. The molecule has 5 heteroatoms. The lowest BCUT2D eigenvalue weighted by atomic mass is 10.0. The standard InChI is InChI=1S/C13H14N2O3/c1-17-10-4-3-5-11(18-2)12(10)13(16)9-6-14-8-15-7-9/h3-8,13,16H,1-2H3. The molecule has 0 aliphatic rings. The fraction of sp³-hybridized carbons (Fsp3) is 0.231. The quantitative estimate of drug-likeness (QED) is 0.887. The van der Waals surface area contributed by atoms with E-state index in [0.29, 0.717) is 22.6 Å². The number of methoxy groups -OCH3 is 2. The zero-order valence-corrected chi connectivity index (χ0v) is 10.2. The first-order chi connectivity index (χ1) is 8.77. The molecule has 1 unspecified atom stereocenters. The number of rotatable bonds is 4. The molecule has 18 heavy (non-hydrogen) atoms. The molecule has 0 fully saturated rings. The second-order valence-corrected chi connectivity index (χ2v) is 3.65. The molecule has 0 aliphatic carbocycles. The van der Waals surface area contributed by atoms with Gasteiger partial charge in [-0.1, -0.05) is 6.07 Å². The summed E-state index contributed by atoms with van der Waals surface area (Å²) < 4.78 is 10.5. The Morgan fingerprint density at radius 3 is 2.11 bits per heavy atom. The lowest BCUT2D eigenvalue weighted by Gasteiger charge is -2.17. The van der Waals surface area contributed by atoms with E-state index < -0.39 is 6.10 Å². The molecule has 5 nitrogen and oxygen atoms in total. The van der Waals surface area contributed by atoms with Crippen molar-refractivity contribution in [2.75, 3.05) is 14.2 Å². The zero-order chi connectivity index (χ0) is 13.0. The fourth-order valence-electron chi connectivity index (χ4n) is 1.77. The maximum atomic E-state index is 10.4. The predicted molar refractivity (Wildman–Crippen MR) is 65.6 cm³/mol. The van der Waals surface area contributed by atoms with Crippen LogP contribution in [0.5, 0.6) is 11.5 Å². The first-order valence-corrected chi connectivity index (χ1v) is 5.41. The maximum Gasteiger partial charge on any atom is 0.128 e. The van der Waals surface area contributed by atoms with Crippen molar-refractivity contribution in [2.24, 2.45) is 0 Å². The van der Waals surface area contributed by atoms with Gasteiger partial charge in [0, 0.05) is 18.0 Å². The summed E-state index contributed by atoms with van der Waals surface area (Å²) in [5.41, 5.74) is 1.15. The van der Waals surface area contributed by atoms with Gasteiger partial charge in [-0.3, -0.25) is 0 Å². The van der Waals surface area contributed by atoms with E-state index in [9.17, 15) is 5.11 Å². The fourth-order valence-corrected chi connectivity index (χ4v) is 1.77. The Bertz CT molecular complexity index is 495. The largest absolute Gasteiger partial charge is 0.496 e. The van der Waals surface area contributed by atoms with E-state index in [1.165, 1.54) is 6.33 Å². The van der Waals surface area contributed by atoms with Crippen molar-refractivity contribution >= 4 is 0 Å². The van der Waals surface area contributed by atoms with E-state index >= 15 is 0 Å². The van der Waals surface area contributed by atoms with Gasteiger partial charge in [-0.05, 0) is 12.1 Å². The lowest BCUT2D eigenvalue weighted by molar-refractivity contribution is 0.208. The highest BCUT2D eigenvalue weighted by molar-refractivity contribution is 5.49. The van der Waals surface area contributed by atoms with Gasteiger partial charge in [0.15, 0.2) is 0 Å². The van der Waals surface area contributed by atoms with Crippen molar-refractivity contribution in [2.45, 2.75) is 6.10 Å². The minimum Gasteiger partial charge on any atom is -0.496 e. The van der Waals surface area contributed by atoms with Gasteiger partial charge in [-0.15, -0.1) is 0 Å². The zero-order valence-electron chi connectivity index (χ0n) is 10.2. The summed E-state index contributed by atoms with van der Waals surface area (Å²) in [5, 5.41) is 10.4. The molecule has 1 aromatic carbocycles. The average Bonchev–Trinajstić information content (AvgIpc) is 2.46. The Morgan fingerprint density at radius 2 is 1.61 bits per heavy atom. The average molecular weight is 246 g/mol. The molecule has 0 saturated heterocycles. The van der Waals surface area contributed by atoms with E-state index in [1.54, 1.807) is 44.8 Å². The van der Waals surface area contributed by atoms with Crippen molar-refractivity contribution < 1.29 is 14.6 Å². The van der Waals surface area contributed by atoms with Crippen molar-refractivity contribution in [1.29, 1.82) is 0 Å². The smallest absolute Gasteiger partial charge is 0.128 e. The van der Waals surface area contributed by atoms with Gasteiger partial charge in [0.25, 0.3) is 0 Å². The highest BCUT2D eigenvalue weighted by atomic mass is 16.5. The summed E-state index contributed by atoms with van der Waals surface area (Å²) in [6.07, 6.45) is 3.64. The second kappa shape index (κ2) is 5.46. The van der Waals surface area contributed by atoms with Crippen LogP contribution in [-0.4, -0.2) is 29.3 Å². The maximum absolute atomic E-state index is 10.4. The van der Waals surface area contributed by atoms with Gasteiger partial charge in [-0.2, -0.15) is 0 Å². The molecular formula is C13H14N2O3. The van der Waals surface area contributed by atoms with Crippen LogP contribution in [0.1, 0.15) is 17.2 Å². The molecule has 0 saturated carbocycles. The molecule has 0 radical (unpaired) electrons. The van der Waals surface area contributed by atoms with Crippen LogP contribution in [0.3, 0.4) is 0 Å². The number of aliphatic hydroxyl groups excluding tert-OH is 1. The molecular weight excluding hydrogens is 232 g/mol. The van der Waals surface area contributed by atoms with Crippen molar-refractivity contribution in [3.05, 3.63) is 48.0 Å². The van der Waals surface area contributed by atoms with Gasteiger partial charge < -0.3 is 14.6 Å². The molecule has 0 bridgehead atoms.